The summed E-state index contributed by atoms with van der Waals surface area (Å²) < 4.78 is 5.43. The summed E-state index contributed by atoms with van der Waals surface area (Å²) in [4.78, 5) is 24.5. The summed E-state index contributed by atoms with van der Waals surface area (Å²) in [6.07, 6.45) is 62.1. The Labute approximate surface area is 393 Å². The Bertz CT molecular complexity index is 939. The van der Waals surface area contributed by atoms with Crippen LogP contribution in [0.15, 0.2) is 12.2 Å². The molecule has 3 N–H and O–H groups in total. The van der Waals surface area contributed by atoms with Gasteiger partial charge in [-0.15, -0.1) is 0 Å². The minimum Gasteiger partial charge on any atom is -0.466 e. The topological polar surface area (TPSA) is 95.9 Å². The molecular formula is C57H111NO5. The molecule has 0 aromatic rings. The average molecular weight is 891 g/mol. The number of aliphatic hydroxyl groups excluding tert-OH is 2. The first-order valence-electron chi connectivity index (χ1n) is 28.4. The van der Waals surface area contributed by atoms with Gasteiger partial charge in [0.2, 0.25) is 5.91 Å². The number of ether oxygens (including phenoxy) is 1. The molecule has 2 unspecified atom stereocenters. The number of hydrogen-bond acceptors (Lipinski definition) is 5. The lowest BCUT2D eigenvalue weighted by molar-refractivity contribution is -0.143. The highest BCUT2D eigenvalue weighted by molar-refractivity contribution is 5.76. The minimum atomic E-state index is -0.686. The molecule has 0 heterocycles. The molecule has 0 radical (unpaired) electrons. The summed E-state index contributed by atoms with van der Waals surface area (Å²) in [6, 6.07) is -0.566. The van der Waals surface area contributed by atoms with Gasteiger partial charge in [0, 0.05) is 12.8 Å². The molecule has 0 aliphatic heterocycles. The largest absolute Gasteiger partial charge is 0.466 e. The molecule has 63 heavy (non-hydrogen) atoms. The second-order valence-corrected chi connectivity index (χ2v) is 19.6. The number of rotatable bonds is 53. The zero-order chi connectivity index (χ0) is 45.8. The first-order chi connectivity index (χ1) is 31.0. The van der Waals surface area contributed by atoms with Crippen LogP contribution in [-0.2, 0) is 14.3 Å². The van der Waals surface area contributed by atoms with E-state index in [9.17, 15) is 19.8 Å². The molecule has 0 aromatic carbocycles. The number of unbranched alkanes of at least 4 members (excludes halogenated alkanes) is 40. The van der Waals surface area contributed by atoms with Gasteiger partial charge in [-0.1, -0.05) is 264 Å². The quantitative estimate of drug-likeness (QED) is 0.0321. The zero-order valence-corrected chi connectivity index (χ0v) is 42.6. The number of allylic oxidation sites excluding steroid dienone is 2. The van der Waals surface area contributed by atoms with Gasteiger partial charge in [-0.2, -0.15) is 0 Å². The van der Waals surface area contributed by atoms with Crippen molar-refractivity contribution in [3.05, 3.63) is 12.2 Å². The summed E-state index contributed by atoms with van der Waals surface area (Å²) in [6.45, 7) is 4.88. The van der Waals surface area contributed by atoms with E-state index in [1.165, 1.54) is 205 Å². The molecular weight excluding hydrogens is 779 g/mol. The Morgan fingerprint density at radius 3 is 1.13 bits per heavy atom. The molecule has 0 saturated carbocycles. The molecule has 0 aliphatic rings. The average Bonchev–Trinajstić information content (AvgIpc) is 3.28. The van der Waals surface area contributed by atoms with E-state index in [-0.39, 0.29) is 18.5 Å². The van der Waals surface area contributed by atoms with Crippen LogP contribution in [0, 0.1) is 0 Å². The number of nitrogens with one attached hydrogen (secondary N) is 1. The maximum Gasteiger partial charge on any atom is 0.305 e. The van der Waals surface area contributed by atoms with E-state index in [1.807, 2.05) is 0 Å². The van der Waals surface area contributed by atoms with Gasteiger partial charge in [-0.25, -0.2) is 0 Å². The van der Waals surface area contributed by atoms with E-state index in [2.05, 4.69) is 31.3 Å². The van der Waals surface area contributed by atoms with E-state index in [0.29, 0.717) is 25.9 Å². The maximum atomic E-state index is 12.5. The Balaban J connectivity index is 3.49. The Morgan fingerprint density at radius 2 is 0.746 bits per heavy atom. The summed E-state index contributed by atoms with van der Waals surface area (Å²) in [5.41, 5.74) is 0. The van der Waals surface area contributed by atoms with Crippen LogP contribution in [-0.4, -0.2) is 47.4 Å². The lowest BCUT2D eigenvalue weighted by Crippen LogP contribution is -2.45. The van der Waals surface area contributed by atoms with Crippen LogP contribution < -0.4 is 5.32 Å². The highest BCUT2D eigenvalue weighted by Crippen LogP contribution is 2.18. The summed E-state index contributed by atoms with van der Waals surface area (Å²) in [5.74, 6) is -0.102. The molecule has 0 saturated heterocycles. The first kappa shape index (κ1) is 61.6. The van der Waals surface area contributed by atoms with Crippen molar-refractivity contribution >= 4 is 11.9 Å². The second-order valence-electron chi connectivity index (χ2n) is 19.6. The van der Waals surface area contributed by atoms with E-state index in [4.69, 9.17) is 4.74 Å². The molecule has 0 rings (SSSR count). The molecule has 0 bridgehead atoms. The molecule has 6 nitrogen and oxygen atoms in total. The van der Waals surface area contributed by atoms with Crippen molar-refractivity contribution < 1.29 is 24.5 Å². The molecule has 0 spiro atoms. The molecule has 374 valence electrons. The van der Waals surface area contributed by atoms with Gasteiger partial charge < -0.3 is 20.3 Å². The third-order valence-corrected chi connectivity index (χ3v) is 13.3. The summed E-state index contributed by atoms with van der Waals surface area (Å²) >= 11 is 0. The van der Waals surface area contributed by atoms with Crippen molar-refractivity contribution in [2.24, 2.45) is 0 Å². The maximum absolute atomic E-state index is 12.5. The number of carbonyl (C=O) groups is 2. The van der Waals surface area contributed by atoms with Crippen molar-refractivity contribution in [2.45, 2.75) is 328 Å². The van der Waals surface area contributed by atoms with Crippen LogP contribution in [0.25, 0.3) is 0 Å². The number of hydrogen-bond donors (Lipinski definition) is 3. The van der Waals surface area contributed by atoms with Gasteiger partial charge in [-0.05, 0) is 51.4 Å². The van der Waals surface area contributed by atoms with Gasteiger partial charge >= 0.3 is 5.97 Å². The molecule has 6 heteroatoms. The number of carbonyl (C=O) groups excluding carboxylic acids is 2. The van der Waals surface area contributed by atoms with E-state index in [1.54, 1.807) is 0 Å². The Hall–Kier alpha value is -1.40. The predicted molar refractivity (Wildman–Crippen MR) is 273 cm³/mol. The highest BCUT2D eigenvalue weighted by atomic mass is 16.5. The van der Waals surface area contributed by atoms with Crippen LogP contribution in [0.2, 0.25) is 0 Å². The van der Waals surface area contributed by atoms with Crippen LogP contribution in [0.5, 0.6) is 0 Å². The molecule has 0 fully saturated rings. The van der Waals surface area contributed by atoms with Crippen LogP contribution in [0.1, 0.15) is 316 Å². The second kappa shape index (κ2) is 53.2. The summed E-state index contributed by atoms with van der Waals surface area (Å²) in [7, 11) is 0. The van der Waals surface area contributed by atoms with Crippen molar-refractivity contribution in [2.75, 3.05) is 13.2 Å². The van der Waals surface area contributed by atoms with Crippen LogP contribution in [0.4, 0.5) is 0 Å². The number of amides is 1. The number of esters is 1. The van der Waals surface area contributed by atoms with Crippen molar-refractivity contribution in [1.82, 2.24) is 5.32 Å². The molecule has 2 atom stereocenters. The van der Waals surface area contributed by atoms with Crippen molar-refractivity contribution in [3.63, 3.8) is 0 Å². The third-order valence-electron chi connectivity index (χ3n) is 13.3. The van der Waals surface area contributed by atoms with Gasteiger partial charge in [0.1, 0.15) is 0 Å². The first-order valence-corrected chi connectivity index (χ1v) is 28.4. The standard InChI is InChI=1S/C57H111NO5/c1-3-5-7-9-11-13-15-17-18-19-20-21-22-23-24-25-26-27-28-29-33-37-41-45-49-55(60)54(53-59)58-56(61)50-46-42-38-34-31-32-36-40-44-48-52-63-57(62)51-47-43-39-35-30-16-14-12-10-8-6-4-2/h32,36,54-55,59-60H,3-31,33-35,37-53H2,1-2H3,(H,58,61)/b36-32-. The Morgan fingerprint density at radius 1 is 0.429 bits per heavy atom. The predicted octanol–water partition coefficient (Wildman–Crippen LogP) is 17.3. The van der Waals surface area contributed by atoms with E-state index >= 15 is 0 Å². The normalized spacial score (nSPS) is 12.6. The van der Waals surface area contributed by atoms with Gasteiger partial charge in [0.25, 0.3) is 0 Å². The third kappa shape index (κ3) is 49.9. The van der Waals surface area contributed by atoms with E-state index < -0.39 is 12.1 Å². The number of aliphatic hydroxyl groups is 2. The SMILES string of the molecule is CCCCCCCCCCCCCCCCCCCCCCCCCCC(O)C(CO)NC(=O)CCCCCC/C=C\CCCCOC(=O)CCCCCCCCCCCCCC. The van der Waals surface area contributed by atoms with Gasteiger partial charge in [-0.3, -0.25) is 9.59 Å². The van der Waals surface area contributed by atoms with Gasteiger partial charge in [0.05, 0.1) is 25.4 Å². The monoisotopic (exact) mass is 890 g/mol. The van der Waals surface area contributed by atoms with Crippen molar-refractivity contribution in [1.29, 1.82) is 0 Å². The van der Waals surface area contributed by atoms with Gasteiger partial charge in [0.15, 0.2) is 0 Å². The fourth-order valence-electron chi connectivity index (χ4n) is 8.93. The lowest BCUT2D eigenvalue weighted by Gasteiger charge is -2.22. The van der Waals surface area contributed by atoms with Crippen LogP contribution in [0.3, 0.4) is 0 Å². The fraction of sp³-hybridized carbons (Fsp3) is 0.930. The fourth-order valence-corrected chi connectivity index (χ4v) is 8.93. The van der Waals surface area contributed by atoms with Crippen LogP contribution >= 0.6 is 0 Å². The zero-order valence-electron chi connectivity index (χ0n) is 42.6. The molecule has 1 amide bonds. The van der Waals surface area contributed by atoms with E-state index in [0.717, 1.165) is 77.0 Å². The molecule has 0 aliphatic carbocycles. The highest BCUT2D eigenvalue weighted by Gasteiger charge is 2.20. The smallest absolute Gasteiger partial charge is 0.305 e. The molecule has 0 aromatic heterocycles. The Kier molecular flexibility index (Phi) is 52.0. The summed E-state index contributed by atoms with van der Waals surface area (Å²) in [5, 5.41) is 23.3. The minimum absolute atomic E-state index is 0.0346. The van der Waals surface area contributed by atoms with Crippen molar-refractivity contribution in [3.8, 4) is 0 Å². The lowest BCUT2D eigenvalue weighted by atomic mass is 10.0.